The first-order valence-corrected chi connectivity index (χ1v) is 8.23. The van der Waals surface area contributed by atoms with Gasteiger partial charge in [-0.15, -0.1) is 0 Å². The SMILES string of the molecule is O=C(O)c1cc(S(=O)(=O)NCC2CC2(F)F)cc2c1OCCO2. The molecule has 0 spiro atoms. The van der Waals surface area contributed by atoms with Crippen LogP contribution in [0.25, 0.3) is 0 Å². The minimum atomic E-state index is -4.14. The molecule has 1 aromatic carbocycles. The van der Waals surface area contributed by atoms with Crippen molar-refractivity contribution < 1.29 is 36.6 Å². The maximum atomic E-state index is 12.8. The van der Waals surface area contributed by atoms with Gasteiger partial charge in [0.05, 0.1) is 4.90 Å². The fourth-order valence-electron chi connectivity index (χ4n) is 2.23. The lowest BCUT2D eigenvalue weighted by Gasteiger charge is -2.21. The second kappa shape index (κ2) is 5.31. The Kier molecular flexibility index (Phi) is 3.68. The second-order valence-corrected chi connectivity index (χ2v) is 7.08. The van der Waals surface area contributed by atoms with Crippen LogP contribution in [-0.2, 0) is 10.0 Å². The summed E-state index contributed by atoms with van der Waals surface area (Å²) in [7, 11) is -4.14. The van der Waals surface area contributed by atoms with Crippen LogP contribution in [0.15, 0.2) is 17.0 Å². The summed E-state index contributed by atoms with van der Waals surface area (Å²) in [5.74, 6) is -5.31. The lowest BCUT2D eigenvalue weighted by molar-refractivity contribution is 0.0685. The van der Waals surface area contributed by atoms with E-state index in [9.17, 15) is 27.1 Å². The first-order chi connectivity index (χ1) is 10.7. The van der Waals surface area contributed by atoms with Gasteiger partial charge in [0.1, 0.15) is 18.8 Å². The van der Waals surface area contributed by atoms with Crippen LogP contribution in [0.4, 0.5) is 8.78 Å². The molecule has 1 aliphatic carbocycles. The quantitative estimate of drug-likeness (QED) is 0.825. The number of hydrogen-bond donors (Lipinski definition) is 2. The Labute approximate surface area is 130 Å². The smallest absolute Gasteiger partial charge is 0.339 e. The van der Waals surface area contributed by atoms with Gasteiger partial charge in [0.15, 0.2) is 11.5 Å². The zero-order valence-corrected chi connectivity index (χ0v) is 12.5. The number of hydrogen-bond acceptors (Lipinski definition) is 5. The number of halogens is 2. The van der Waals surface area contributed by atoms with Crippen LogP contribution in [0.5, 0.6) is 11.5 Å². The molecule has 1 aliphatic heterocycles. The zero-order valence-electron chi connectivity index (χ0n) is 11.7. The van der Waals surface area contributed by atoms with Crippen molar-refractivity contribution in [1.29, 1.82) is 0 Å². The van der Waals surface area contributed by atoms with E-state index in [1.807, 2.05) is 0 Å². The summed E-state index contributed by atoms with van der Waals surface area (Å²) in [4.78, 5) is 10.9. The molecule has 1 saturated carbocycles. The summed E-state index contributed by atoms with van der Waals surface area (Å²) in [6.07, 6.45) is -0.364. The first kappa shape index (κ1) is 15.9. The zero-order chi connectivity index (χ0) is 16.8. The number of fused-ring (bicyclic) bond motifs is 1. The van der Waals surface area contributed by atoms with Crippen molar-refractivity contribution in [1.82, 2.24) is 4.72 Å². The minimum absolute atomic E-state index is 0.00623. The number of benzene rings is 1. The number of alkyl halides is 2. The highest BCUT2D eigenvalue weighted by atomic mass is 32.2. The summed E-state index contributed by atoms with van der Waals surface area (Å²) in [5.41, 5.74) is -0.362. The lowest BCUT2D eigenvalue weighted by atomic mass is 10.2. The van der Waals surface area contributed by atoms with Crippen molar-refractivity contribution >= 4 is 16.0 Å². The number of aromatic carboxylic acids is 1. The molecule has 1 fully saturated rings. The predicted molar refractivity (Wildman–Crippen MR) is 72.6 cm³/mol. The third kappa shape index (κ3) is 3.08. The van der Waals surface area contributed by atoms with E-state index in [1.54, 1.807) is 0 Å². The van der Waals surface area contributed by atoms with Crippen molar-refractivity contribution in [3.8, 4) is 11.5 Å². The summed E-state index contributed by atoms with van der Waals surface area (Å²) in [6, 6.07) is 2.04. The maximum Gasteiger partial charge on any atom is 0.339 e. The summed E-state index contributed by atoms with van der Waals surface area (Å²) in [6.45, 7) is -0.113. The molecule has 0 bridgehead atoms. The van der Waals surface area contributed by atoms with Crippen LogP contribution in [0.3, 0.4) is 0 Å². The molecule has 0 amide bonds. The highest BCUT2D eigenvalue weighted by molar-refractivity contribution is 7.89. The van der Waals surface area contributed by atoms with Crippen LogP contribution >= 0.6 is 0 Å². The van der Waals surface area contributed by atoms with Crippen molar-refractivity contribution in [2.45, 2.75) is 17.2 Å². The first-order valence-electron chi connectivity index (χ1n) is 6.75. The van der Waals surface area contributed by atoms with Gasteiger partial charge in [-0.1, -0.05) is 0 Å². The Hall–Kier alpha value is -1.94. The Morgan fingerprint density at radius 1 is 1.35 bits per heavy atom. The van der Waals surface area contributed by atoms with Crippen molar-refractivity contribution in [2.24, 2.45) is 5.92 Å². The van der Waals surface area contributed by atoms with Gasteiger partial charge in [0.2, 0.25) is 10.0 Å². The van der Waals surface area contributed by atoms with Crippen molar-refractivity contribution in [2.75, 3.05) is 19.8 Å². The highest BCUT2D eigenvalue weighted by Gasteiger charge is 2.56. The van der Waals surface area contributed by atoms with E-state index in [2.05, 4.69) is 4.72 Å². The molecule has 126 valence electrons. The van der Waals surface area contributed by atoms with Gasteiger partial charge in [0, 0.05) is 24.9 Å². The second-order valence-electron chi connectivity index (χ2n) is 5.31. The predicted octanol–water partition coefficient (Wildman–Crippen LogP) is 1.09. The number of carbonyl (C=O) groups is 1. The third-order valence-electron chi connectivity index (χ3n) is 3.63. The van der Waals surface area contributed by atoms with Gasteiger partial charge in [0.25, 0.3) is 5.92 Å². The highest BCUT2D eigenvalue weighted by Crippen LogP contribution is 2.48. The molecule has 1 unspecified atom stereocenters. The van der Waals surface area contributed by atoms with E-state index < -0.39 is 34.4 Å². The van der Waals surface area contributed by atoms with E-state index in [0.29, 0.717) is 0 Å². The third-order valence-corrected chi connectivity index (χ3v) is 5.03. The molecule has 1 atom stereocenters. The Morgan fingerprint density at radius 2 is 2.00 bits per heavy atom. The molecule has 1 aromatic rings. The van der Waals surface area contributed by atoms with E-state index in [0.717, 1.165) is 12.1 Å². The number of rotatable bonds is 5. The van der Waals surface area contributed by atoms with Crippen LogP contribution in [0, 0.1) is 5.92 Å². The molecule has 2 N–H and O–H groups in total. The van der Waals surface area contributed by atoms with Crippen LogP contribution in [0.1, 0.15) is 16.8 Å². The van der Waals surface area contributed by atoms with Gasteiger partial charge >= 0.3 is 5.97 Å². The summed E-state index contributed by atoms with van der Waals surface area (Å²) >= 11 is 0. The van der Waals surface area contributed by atoms with E-state index in [4.69, 9.17) is 9.47 Å². The van der Waals surface area contributed by atoms with Crippen LogP contribution in [0.2, 0.25) is 0 Å². The molecule has 10 heteroatoms. The Bertz CT molecular complexity index is 764. The van der Waals surface area contributed by atoms with Crippen LogP contribution in [-0.4, -0.2) is 45.2 Å². The monoisotopic (exact) mass is 349 g/mol. The minimum Gasteiger partial charge on any atom is -0.486 e. The molecule has 0 radical (unpaired) electrons. The molecular formula is C13H13F2NO6S. The van der Waals surface area contributed by atoms with Gasteiger partial charge in [-0.3, -0.25) is 0 Å². The lowest BCUT2D eigenvalue weighted by Crippen LogP contribution is -2.28. The van der Waals surface area contributed by atoms with Crippen LogP contribution < -0.4 is 14.2 Å². The molecule has 1 heterocycles. The fourth-order valence-corrected chi connectivity index (χ4v) is 3.35. The number of carboxylic acid groups (broad SMARTS) is 1. The normalized spacial score (nSPS) is 21.7. The largest absolute Gasteiger partial charge is 0.486 e. The number of sulfonamides is 1. The Morgan fingerprint density at radius 3 is 2.61 bits per heavy atom. The van der Waals surface area contributed by atoms with E-state index in [-0.39, 0.29) is 41.6 Å². The van der Waals surface area contributed by atoms with E-state index >= 15 is 0 Å². The van der Waals surface area contributed by atoms with Crippen molar-refractivity contribution in [3.05, 3.63) is 17.7 Å². The number of nitrogens with one attached hydrogen (secondary N) is 1. The van der Waals surface area contributed by atoms with Gasteiger partial charge in [-0.2, -0.15) is 0 Å². The standard InChI is InChI=1S/C13H13F2NO6S/c14-13(15)5-7(13)6-16-23(19,20)8-3-9(12(17)18)11-10(4-8)21-1-2-22-11/h3-4,7,16H,1-2,5-6H2,(H,17,18). The van der Waals surface area contributed by atoms with E-state index in [1.165, 1.54) is 0 Å². The fraction of sp³-hybridized carbons (Fsp3) is 0.462. The molecule has 2 aliphatic rings. The molecule has 0 saturated heterocycles. The molecule has 3 rings (SSSR count). The van der Waals surface area contributed by atoms with Crippen molar-refractivity contribution in [3.63, 3.8) is 0 Å². The molecule has 23 heavy (non-hydrogen) atoms. The number of carboxylic acids is 1. The molecule has 0 aromatic heterocycles. The average Bonchev–Trinajstić information content (AvgIpc) is 3.11. The molecule has 7 nitrogen and oxygen atoms in total. The molecular weight excluding hydrogens is 336 g/mol. The summed E-state index contributed by atoms with van der Waals surface area (Å²) < 4.78 is 62.5. The Balaban J connectivity index is 1.89. The average molecular weight is 349 g/mol. The van der Waals surface area contributed by atoms with Gasteiger partial charge < -0.3 is 14.6 Å². The van der Waals surface area contributed by atoms with Gasteiger partial charge in [-0.05, 0) is 6.07 Å². The topological polar surface area (TPSA) is 102 Å². The summed E-state index contributed by atoms with van der Waals surface area (Å²) in [5, 5.41) is 9.18. The number of ether oxygens (including phenoxy) is 2. The van der Waals surface area contributed by atoms with Gasteiger partial charge in [-0.25, -0.2) is 26.7 Å². The maximum absolute atomic E-state index is 12.8.